The van der Waals surface area contributed by atoms with Crippen LogP contribution in [-0.2, 0) is 4.79 Å². The van der Waals surface area contributed by atoms with Crippen LogP contribution in [0, 0.1) is 17.8 Å². The second kappa shape index (κ2) is 7.40. The zero-order valence-electron chi connectivity index (χ0n) is 13.2. The van der Waals surface area contributed by atoms with Gasteiger partial charge in [-0.1, -0.05) is 18.9 Å². The van der Waals surface area contributed by atoms with Crippen molar-refractivity contribution in [3.8, 4) is 5.75 Å². The van der Waals surface area contributed by atoms with Crippen molar-refractivity contribution in [3.63, 3.8) is 0 Å². The molecule has 0 unspecified atom stereocenters. The summed E-state index contributed by atoms with van der Waals surface area (Å²) in [5.74, 6) is 4.02. The van der Waals surface area contributed by atoms with Crippen molar-refractivity contribution in [1.82, 2.24) is 5.32 Å². The first kappa shape index (κ1) is 15.7. The van der Waals surface area contributed by atoms with E-state index in [4.69, 9.17) is 4.74 Å². The number of thioether (sulfide) groups is 1. The summed E-state index contributed by atoms with van der Waals surface area (Å²) in [7, 11) is 1.66. The van der Waals surface area contributed by atoms with Gasteiger partial charge in [-0.05, 0) is 55.2 Å². The summed E-state index contributed by atoms with van der Waals surface area (Å²) in [6.07, 6.45) is 6.87. The number of fused-ring (bicyclic) bond motifs is 1. The smallest absolute Gasteiger partial charge is 0.230 e. The van der Waals surface area contributed by atoms with E-state index in [1.165, 1.54) is 32.1 Å². The van der Waals surface area contributed by atoms with Gasteiger partial charge >= 0.3 is 0 Å². The van der Waals surface area contributed by atoms with Crippen molar-refractivity contribution in [2.45, 2.75) is 37.0 Å². The molecule has 0 heterocycles. The van der Waals surface area contributed by atoms with Crippen LogP contribution in [0.25, 0.3) is 0 Å². The normalized spacial score (nSPS) is 26.7. The highest BCUT2D eigenvalue weighted by Crippen LogP contribution is 2.47. The monoisotopic (exact) mass is 319 g/mol. The minimum absolute atomic E-state index is 0.147. The first-order valence-corrected chi connectivity index (χ1v) is 9.28. The van der Waals surface area contributed by atoms with Crippen LogP contribution < -0.4 is 10.1 Å². The zero-order valence-corrected chi connectivity index (χ0v) is 14.0. The molecule has 3 atom stereocenters. The lowest BCUT2D eigenvalue weighted by atomic mass is 9.92. The molecule has 120 valence electrons. The van der Waals surface area contributed by atoms with E-state index in [9.17, 15) is 4.79 Å². The van der Waals surface area contributed by atoms with Crippen LogP contribution in [0.3, 0.4) is 0 Å². The van der Waals surface area contributed by atoms with Crippen LogP contribution in [0.2, 0.25) is 0 Å². The summed E-state index contributed by atoms with van der Waals surface area (Å²) in [5.41, 5.74) is 0. The highest BCUT2D eigenvalue weighted by atomic mass is 32.2. The third-order valence-corrected chi connectivity index (χ3v) is 6.20. The second-order valence-electron chi connectivity index (χ2n) is 6.46. The minimum Gasteiger partial charge on any atom is -0.497 e. The van der Waals surface area contributed by atoms with Crippen LogP contribution in [0.1, 0.15) is 32.1 Å². The Morgan fingerprint density at radius 1 is 1.32 bits per heavy atom. The molecular formula is C18H25NO2S. The van der Waals surface area contributed by atoms with Gasteiger partial charge in [-0.3, -0.25) is 4.79 Å². The predicted octanol–water partition coefficient (Wildman–Crippen LogP) is 3.73. The lowest BCUT2D eigenvalue weighted by Crippen LogP contribution is -2.32. The largest absolute Gasteiger partial charge is 0.497 e. The standard InChI is InChI=1S/C18H25NO2S/c1-21-15-5-3-6-16(10-15)22-12-18(20)19-11-14-9-8-13-4-2-7-17(13)14/h3,5-6,10,13-14,17H,2,4,7-9,11-12H2,1H3,(H,19,20)/t13-,14+,17-/m0/s1. The molecule has 1 amide bonds. The van der Waals surface area contributed by atoms with Gasteiger partial charge in [0.2, 0.25) is 5.91 Å². The molecule has 4 heteroatoms. The average molecular weight is 319 g/mol. The Kier molecular flexibility index (Phi) is 5.29. The van der Waals surface area contributed by atoms with E-state index in [1.54, 1.807) is 18.9 Å². The fourth-order valence-corrected chi connectivity index (χ4v) is 4.85. The van der Waals surface area contributed by atoms with Crippen LogP contribution in [-0.4, -0.2) is 25.3 Å². The molecule has 3 nitrogen and oxygen atoms in total. The molecule has 0 aliphatic heterocycles. The molecule has 2 saturated carbocycles. The Hall–Kier alpha value is -1.16. The third-order valence-electron chi connectivity index (χ3n) is 5.20. The molecule has 0 saturated heterocycles. The molecule has 1 aromatic rings. The van der Waals surface area contributed by atoms with E-state index in [0.717, 1.165) is 34.9 Å². The number of methoxy groups -OCH3 is 1. The Balaban J connectivity index is 1.41. The van der Waals surface area contributed by atoms with Gasteiger partial charge in [0.25, 0.3) is 0 Å². The van der Waals surface area contributed by atoms with Gasteiger partial charge in [-0.25, -0.2) is 0 Å². The van der Waals surface area contributed by atoms with Gasteiger partial charge in [0.05, 0.1) is 12.9 Å². The molecule has 22 heavy (non-hydrogen) atoms. The van der Waals surface area contributed by atoms with Gasteiger partial charge in [0.15, 0.2) is 0 Å². The van der Waals surface area contributed by atoms with Crippen molar-refractivity contribution >= 4 is 17.7 Å². The number of amides is 1. The Bertz CT molecular complexity index is 520. The summed E-state index contributed by atoms with van der Waals surface area (Å²) in [4.78, 5) is 13.1. The van der Waals surface area contributed by atoms with Crippen molar-refractivity contribution in [2.24, 2.45) is 17.8 Å². The summed E-state index contributed by atoms with van der Waals surface area (Å²) >= 11 is 1.57. The molecule has 0 spiro atoms. The molecule has 0 aromatic heterocycles. The fourth-order valence-electron chi connectivity index (χ4n) is 4.08. The van der Waals surface area contributed by atoms with Gasteiger partial charge in [0.1, 0.15) is 5.75 Å². The van der Waals surface area contributed by atoms with E-state index in [-0.39, 0.29) is 5.91 Å². The molecule has 0 radical (unpaired) electrons. The molecule has 2 fully saturated rings. The number of benzene rings is 1. The molecule has 0 bridgehead atoms. The van der Waals surface area contributed by atoms with E-state index in [2.05, 4.69) is 5.32 Å². The first-order valence-electron chi connectivity index (χ1n) is 8.30. The molecule has 2 aliphatic carbocycles. The van der Waals surface area contributed by atoms with Crippen molar-refractivity contribution < 1.29 is 9.53 Å². The number of carbonyl (C=O) groups excluding carboxylic acids is 1. The fraction of sp³-hybridized carbons (Fsp3) is 0.611. The number of rotatable bonds is 6. The zero-order chi connectivity index (χ0) is 15.4. The Morgan fingerprint density at radius 2 is 2.23 bits per heavy atom. The highest BCUT2D eigenvalue weighted by Gasteiger charge is 2.38. The number of hydrogen-bond donors (Lipinski definition) is 1. The van der Waals surface area contributed by atoms with Gasteiger partial charge in [-0.15, -0.1) is 11.8 Å². The summed E-state index contributed by atoms with van der Waals surface area (Å²) in [5, 5.41) is 3.15. The summed E-state index contributed by atoms with van der Waals surface area (Å²) in [6, 6.07) is 7.86. The van der Waals surface area contributed by atoms with Crippen LogP contribution in [0.15, 0.2) is 29.2 Å². The molecular weight excluding hydrogens is 294 g/mol. The number of nitrogens with one attached hydrogen (secondary N) is 1. The van der Waals surface area contributed by atoms with Crippen molar-refractivity contribution in [2.75, 3.05) is 19.4 Å². The number of hydrogen-bond acceptors (Lipinski definition) is 3. The molecule has 2 aliphatic rings. The van der Waals surface area contributed by atoms with Gasteiger partial charge in [0, 0.05) is 11.4 Å². The van der Waals surface area contributed by atoms with Crippen molar-refractivity contribution in [3.05, 3.63) is 24.3 Å². The molecule has 3 rings (SSSR count). The second-order valence-corrected chi connectivity index (χ2v) is 7.51. The lowest BCUT2D eigenvalue weighted by Gasteiger charge is -2.18. The summed E-state index contributed by atoms with van der Waals surface area (Å²) in [6.45, 7) is 0.874. The van der Waals surface area contributed by atoms with Crippen LogP contribution >= 0.6 is 11.8 Å². The molecule has 1 aromatic carbocycles. The Morgan fingerprint density at radius 3 is 3.09 bits per heavy atom. The lowest BCUT2D eigenvalue weighted by molar-refractivity contribution is -0.118. The topological polar surface area (TPSA) is 38.3 Å². The quantitative estimate of drug-likeness (QED) is 0.812. The van der Waals surface area contributed by atoms with Crippen LogP contribution in [0.4, 0.5) is 0 Å². The minimum atomic E-state index is 0.147. The van der Waals surface area contributed by atoms with E-state index in [0.29, 0.717) is 5.75 Å². The predicted molar refractivity (Wildman–Crippen MR) is 90.3 cm³/mol. The van der Waals surface area contributed by atoms with Gasteiger partial charge in [-0.2, -0.15) is 0 Å². The maximum Gasteiger partial charge on any atom is 0.230 e. The van der Waals surface area contributed by atoms with E-state index in [1.807, 2.05) is 24.3 Å². The van der Waals surface area contributed by atoms with Crippen molar-refractivity contribution in [1.29, 1.82) is 0 Å². The maximum absolute atomic E-state index is 12.1. The Labute approximate surface area is 137 Å². The average Bonchev–Trinajstić information content (AvgIpc) is 3.15. The number of carbonyl (C=O) groups is 1. The molecule has 1 N–H and O–H groups in total. The van der Waals surface area contributed by atoms with E-state index >= 15 is 0 Å². The maximum atomic E-state index is 12.1. The first-order chi connectivity index (χ1) is 10.8. The SMILES string of the molecule is COc1cccc(SCC(=O)NC[C@H]2CC[C@@H]3CCC[C@@H]32)c1. The highest BCUT2D eigenvalue weighted by molar-refractivity contribution is 8.00. The van der Waals surface area contributed by atoms with Gasteiger partial charge < -0.3 is 10.1 Å². The third kappa shape index (κ3) is 3.78. The number of ether oxygens (including phenoxy) is 1. The van der Waals surface area contributed by atoms with Crippen LogP contribution in [0.5, 0.6) is 5.75 Å². The van der Waals surface area contributed by atoms with E-state index < -0.39 is 0 Å². The summed E-state index contributed by atoms with van der Waals surface area (Å²) < 4.78 is 5.20.